The van der Waals surface area contributed by atoms with Crippen LogP contribution in [0.4, 0.5) is 0 Å². The van der Waals surface area contributed by atoms with Crippen LogP contribution in [-0.2, 0) is 9.47 Å². The molecule has 2 heterocycles. The molecule has 2 saturated carbocycles. The third kappa shape index (κ3) is 2.67. The molecule has 2 nitrogen and oxygen atoms in total. The maximum atomic E-state index is 6.25. The van der Waals surface area contributed by atoms with Crippen LogP contribution in [0.25, 0.3) is 0 Å². The quantitative estimate of drug-likeness (QED) is 0.596. The van der Waals surface area contributed by atoms with Crippen LogP contribution in [0.15, 0.2) is 0 Å². The largest absolute Gasteiger partial charge is 0.366 e. The molecule has 4 rings (SSSR count). The monoisotopic (exact) mass is 334 g/mol. The molecule has 4 aliphatic rings. The molecule has 24 heavy (non-hydrogen) atoms. The predicted molar refractivity (Wildman–Crippen MR) is 97.9 cm³/mol. The Hall–Kier alpha value is -0.0800. The molecular formula is C22H38O2. The minimum Gasteiger partial charge on any atom is -0.366 e. The molecule has 8 atom stereocenters. The Labute approximate surface area is 149 Å². The number of ether oxygens (including phenoxy) is 2. The normalized spacial score (nSPS) is 54.0. The number of rotatable bonds is 1. The first-order valence-corrected chi connectivity index (χ1v) is 10.2. The minimum atomic E-state index is 0.167. The fourth-order valence-corrected chi connectivity index (χ4v) is 6.30. The molecule has 0 radical (unpaired) electrons. The van der Waals surface area contributed by atoms with Gasteiger partial charge in [-0.25, -0.2) is 0 Å². The third-order valence-electron chi connectivity index (χ3n) is 7.95. The van der Waals surface area contributed by atoms with Crippen molar-refractivity contribution in [2.45, 2.75) is 104 Å². The van der Waals surface area contributed by atoms with Crippen molar-refractivity contribution in [3.8, 4) is 0 Å². The lowest BCUT2D eigenvalue weighted by molar-refractivity contribution is 0.0657. The summed E-state index contributed by atoms with van der Waals surface area (Å²) in [6.07, 6.45) is 6.27. The number of hydrogen-bond acceptors (Lipinski definition) is 2. The van der Waals surface area contributed by atoms with Crippen LogP contribution < -0.4 is 0 Å². The van der Waals surface area contributed by atoms with Gasteiger partial charge in [-0.15, -0.1) is 0 Å². The van der Waals surface area contributed by atoms with Crippen LogP contribution in [0.3, 0.4) is 0 Å². The molecule has 0 bridgehead atoms. The second-order valence-corrected chi connectivity index (χ2v) is 12.0. The first kappa shape index (κ1) is 17.3. The van der Waals surface area contributed by atoms with Gasteiger partial charge in [0.2, 0.25) is 0 Å². The van der Waals surface area contributed by atoms with E-state index in [1.54, 1.807) is 0 Å². The van der Waals surface area contributed by atoms with E-state index in [2.05, 4.69) is 55.4 Å². The zero-order valence-electron chi connectivity index (χ0n) is 17.1. The lowest BCUT2D eigenvalue weighted by Crippen LogP contribution is -2.43. The lowest BCUT2D eigenvalue weighted by atomic mass is 9.58. The molecular weight excluding hydrogens is 296 g/mol. The summed E-state index contributed by atoms with van der Waals surface area (Å²) in [5, 5.41) is 0. The van der Waals surface area contributed by atoms with Gasteiger partial charge in [-0.05, 0) is 74.0 Å². The fourth-order valence-electron chi connectivity index (χ4n) is 6.30. The van der Waals surface area contributed by atoms with Crippen LogP contribution in [0.5, 0.6) is 0 Å². The molecule has 2 heteroatoms. The van der Waals surface area contributed by atoms with Crippen LogP contribution in [-0.4, -0.2) is 23.4 Å². The molecule has 2 aliphatic heterocycles. The van der Waals surface area contributed by atoms with Gasteiger partial charge in [0.05, 0.1) is 23.4 Å². The Kier molecular flexibility index (Phi) is 3.46. The predicted octanol–water partition coefficient (Wildman–Crippen LogP) is 5.45. The third-order valence-corrected chi connectivity index (χ3v) is 7.95. The maximum absolute atomic E-state index is 6.25. The highest BCUT2D eigenvalue weighted by Crippen LogP contribution is 2.63. The molecule has 0 aromatic carbocycles. The molecule has 0 aromatic rings. The van der Waals surface area contributed by atoms with Gasteiger partial charge in [-0.2, -0.15) is 0 Å². The summed E-state index contributed by atoms with van der Waals surface area (Å²) in [5.41, 5.74) is 1.03. The van der Waals surface area contributed by atoms with Crippen molar-refractivity contribution >= 4 is 0 Å². The first-order valence-electron chi connectivity index (χ1n) is 10.2. The standard InChI is InChI=1S/C22H38O2/c1-19(2,3)15-9-13(11-21(7)17(15)23-21)14-10-16(20(4,5)6)18-22(8,12-14)24-18/h13-18H,9-12H2,1-8H3. The molecule has 2 aliphatic carbocycles. The van der Waals surface area contributed by atoms with E-state index in [1.165, 1.54) is 25.7 Å². The van der Waals surface area contributed by atoms with Gasteiger partial charge in [0, 0.05) is 0 Å². The van der Waals surface area contributed by atoms with Crippen LogP contribution in [0.2, 0.25) is 0 Å². The Morgan fingerprint density at radius 2 is 1.00 bits per heavy atom. The summed E-state index contributed by atoms with van der Waals surface area (Å²) in [6.45, 7) is 19.2. The molecule has 138 valence electrons. The molecule has 8 unspecified atom stereocenters. The maximum Gasteiger partial charge on any atom is 0.0926 e. The summed E-state index contributed by atoms with van der Waals surface area (Å²) >= 11 is 0. The smallest absolute Gasteiger partial charge is 0.0926 e. The first-order chi connectivity index (χ1) is 10.8. The van der Waals surface area contributed by atoms with Gasteiger partial charge in [-0.3, -0.25) is 0 Å². The van der Waals surface area contributed by atoms with Crippen LogP contribution in [0, 0.1) is 34.5 Å². The highest BCUT2D eigenvalue weighted by atomic mass is 16.6. The highest BCUT2D eigenvalue weighted by molar-refractivity contribution is 5.15. The van der Waals surface area contributed by atoms with E-state index in [4.69, 9.17) is 9.47 Å². The summed E-state index contributed by atoms with van der Waals surface area (Å²) in [7, 11) is 0. The number of epoxide rings is 2. The zero-order valence-corrected chi connectivity index (χ0v) is 17.1. The van der Waals surface area contributed by atoms with Gasteiger partial charge in [0.25, 0.3) is 0 Å². The summed E-state index contributed by atoms with van der Waals surface area (Å²) in [6, 6.07) is 0. The lowest BCUT2D eigenvalue weighted by Gasteiger charge is -2.44. The molecule has 0 spiro atoms. The number of hydrogen-bond donors (Lipinski definition) is 0. The van der Waals surface area contributed by atoms with Gasteiger partial charge in [-0.1, -0.05) is 41.5 Å². The van der Waals surface area contributed by atoms with E-state index in [0.29, 0.717) is 34.9 Å². The molecule has 4 fully saturated rings. The van der Waals surface area contributed by atoms with Crippen molar-refractivity contribution in [2.24, 2.45) is 34.5 Å². The van der Waals surface area contributed by atoms with Gasteiger partial charge in [0.1, 0.15) is 0 Å². The molecule has 2 saturated heterocycles. The zero-order chi connectivity index (χ0) is 17.7. The van der Waals surface area contributed by atoms with Crippen molar-refractivity contribution in [1.29, 1.82) is 0 Å². The summed E-state index contributed by atoms with van der Waals surface area (Å²) < 4.78 is 12.5. The van der Waals surface area contributed by atoms with E-state index in [-0.39, 0.29) is 11.2 Å². The van der Waals surface area contributed by atoms with Crippen molar-refractivity contribution in [1.82, 2.24) is 0 Å². The van der Waals surface area contributed by atoms with E-state index in [9.17, 15) is 0 Å². The summed E-state index contributed by atoms with van der Waals surface area (Å²) in [4.78, 5) is 0. The van der Waals surface area contributed by atoms with Gasteiger partial charge < -0.3 is 9.47 Å². The van der Waals surface area contributed by atoms with E-state index >= 15 is 0 Å². The van der Waals surface area contributed by atoms with Crippen LogP contribution in [0.1, 0.15) is 81.1 Å². The molecule has 0 aromatic heterocycles. The average molecular weight is 335 g/mol. The minimum absolute atomic E-state index is 0.167. The molecule has 0 N–H and O–H groups in total. The van der Waals surface area contributed by atoms with E-state index < -0.39 is 0 Å². The number of fused-ring (bicyclic) bond motifs is 2. The Morgan fingerprint density at radius 1 is 0.667 bits per heavy atom. The summed E-state index contributed by atoms with van der Waals surface area (Å²) in [5.74, 6) is 3.04. The Balaban J connectivity index is 1.55. The van der Waals surface area contributed by atoms with Gasteiger partial charge >= 0.3 is 0 Å². The Bertz CT molecular complexity index is 479. The Morgan fingerprint density at radius 3 is 1.29 bits per heavy atom. The van der Waals surface area contributed by atoms with Crippen molar-refractivity contribution in [2.75, 3.05) is 0 Å². The second-order valence-electron chi connectivity index (χ2n) is 12.0. The highest BCUT2D eigenvalue weighted by Gasteiger charge is 2.66. The van der Waals surface area contributed by atoms with E-state index in [1.807, 2.05) is 0 Å². The molecule has 0 amide bonds. The van der Waals surface area contributed by atoms with Crippen LogP contribution >= 0.6 is 0 Å². The average Bonchev–Trinajstić information content (AvgIpc) is 3.26. The topological polar surface area (TPSA) is 25.1 Å². The SMILES string of the molecule is CC(C)(C)C1CC(C2CC(C(C)(C)C)C3OC3(C)C2)CC2(C)OC12. The van der Waals surface area contributed by atoms with Gasteiger partial charge in [0.15, 0.2) is 0 Å². The van der Waals surface area contributed by atoms with Crippen molar-refractivity contribution < 1.29 is 9.47 Å². The van der Waals surface area contributed by atoms with E-state index in [0.717, 1.165) is 11.8 Å². The van der Waals surface area contributed by atoms with Crippen molar-refractivity contribution in [3.05, 3.63) is 0 Å². The second kappa shape index (κ2) is 4.80. The van der Waals surface area contributed by atoms with Crippen molar-refractivity contribution in [3.63, 3.8) is 0 Å². The fraction of sp³-hybridized carbons (Fsp3) is 1.00.